The van der Waals surface area contributed by atoms with E-state index in [9.17, 15) is 4.79 Å². The molecular weight excluding hydrogens is 310 g/mol. The molecule has 0 saturated carbocycles. The number of nitrogens with one attached hydrogen (secondary N) is 2. The molecule has 136 valence electrons. The molecule has 4 heteroatoms. The summed E-state index contributed by atoms with van der Waals surface area (Å²) in [5.41, 5.74) is 4.29. The molecule has 3 rings (SSSR count). The van der Waals surface area contributed by atoms with E-state index in [1.165, 1.54) is 25.9 Å². The normalized spacial score (nSPS) is 20.8. The average Bonchev–Trinajstić information content (AvgIpc) is 2.60. The fourth-order valence-corrected chi connectivity index (χ4v) is 4.25. The fraction of sp³-hybridized carbons (Fsp3) is 0.571. The first-order valence-corrected chi connectivity index (χ1v) is 9.77. The first-order valence-electron chi connectivity index (χ1n) is 9.77. The van der Waals surface area contributed by atoms with Crippen LogP contribution in [0.2, 0.25) is 0 Å². The van der Waals surface area contributed by atoms with Crippen LogP contribution in [0.25, 0.3) is 10.9 Å². The third-order valence-electron chi connectivity index (χ3n) is 5.72. The van der Waals surface area contributed by atoms with Crippen molar-refractivity contribution in [1.29, 1.82) is 0 Å². The first-order chi connectivity index (χ1) is 12.0. The van der Waals surface area contributed by atoms with Crippen molar-refractivity contribution in [2.45, 2.75) is 47.1 Å². The van der Waals surface area contributed by atoms with Gasteiger partial charge in [0, 0.05) is 41.3 Å². The van der Waals surface area contributed by atoms with Crippen molar-refractivity contribution in [1.82, 2.24) is 4.98 Å². The van der Waals surface area contributed by atoms with Crippen LogP contribution in [0.3, 0.4) is 0 Å². The number of anilines is 1. The van der Waals surface area contributed by atoms with Gasteiger partial charge in [0.1, 0.15) is 6.54 Å². The van der Waals surface area contributed by atoms with Crippen molar-refractivity contribution < 1.29 is 4.90 Å². The van der Waals surface area contributed by atoms with Crippen LogP contribution >= 0.6 is 0 Å². The molecule has 2 heterocycles. The Hall–Kier alpha value is -1.81. The number of pyridine rings is 1. The minimum absolute atomic E-state index is 0.214. The summed E-state index contributed by atoms with van der Waals surface area (Å²) < 4.78 is 0. The highest BCUT2D eigenvalue weighted by molar-refractivity contribution is 5.83. The van der Waals surface area contributed by atoms with Crippen LogP contribution in [0.5, 0.6) is 0 Å². The topological polar surface area (TPSA) is 40.5 Å². The molecule has 4 nitrogen and oxygen atoms in total. The third-order valence-corrected chi connectivity index (χ3v) is 5.72. The van der Waals surface area contributed by atoms with Crippen LogP contribution in [0.1, 0.15) is 44.9 Å². The number of likely N-dealkylation sites (tertiary alicyclic amines) is 1. The van der Waals surface area contributed by atoms with E-state index in [0.29, 0.717) is 0 Å². The maximum atomic E-state index is 13.2. The third kappa shape index (κ3) is 3.74. The number of piperidine rings is 1. The average molecular weight is 343 g/mol. The highest BCUT2D eigenvalue weighted by Gasteiger charge is 2.22. The Morgan fingerprint density at radius 2 is 2.04 bits per heavy atom. The Kier molecular flexibility index (Phi) is 5.48. The number of aromatic nitrogens is 1. The minimum atomic E-state index is 0.214. The van der Waals surface area contributed by atoms with E-state index in [1.54, 1.807) is 4.90 Å². The van der Waals surface area contributed by atoms with Crippen LogP contribution in [0.4, 0.5) is 5.69 Å². The van der Waals surface area contributed by atoms with Crippen LogP contribution in [0, 0.1) is 12.8 Å². The number of H-pyrrole nitrogens is 1. The lowest BCUT2D eigenvalue weighted by Gasteiger charge is -2.28. The van der Waals surface area contributed by atoms with Crippen LogP contribution in [-0.4, -0.2) is 31.2 Å². The van der Waals surface area contributed by atoms with Crippen molar-refractivity contribution in [2.24, 2.45) is 5.92 Å². The first kappa shape index (κ1) is 18.0. The Morgan fingerprint density at radius 3 is 2.72 bits per heavy atom. The highest BCUT2D eigenvalue weighted by atomic mass is 16.1. The molecule has 0 amide bonds. The lowest BCUT2D eigenvalue weighted by molar-refractivity contribution is -0.922. The Balaban J connectivity index is 1.99. The molecule has 2 atom stereocenters. The number of fused-ring (bicyclic) bond motifs is 1. The molecule has 0 spiro atoms. The number of aromatic amines is 1. The summed E-state index contributed by atoms with van der Waals surface area (Å²) in [7, 11) is 0. The van der Waals surface area contributed by atoms with Gasteiger partial charge in [0.15, 0.2) is 5.43 Å². The van der Waals surface area contributed by atoms with Crippen LogP contribution in [-0.2, 0) is 6.54 Å². The van der Waals surface area contributed by atoms with Crippen molar-refractivity contribution >= 4 is 16.6 Å². The number of hydrogen-bond donors (Lipinski definition) is 2. The lowest BCUT2D eigenvalue weighted by Crippen LogP contribution is -3.12. The zero-order valence-corrected chi connectivity index (χ0v) is 16.1. The van der Waals surface area contributed by atoms with Gasteiger partial charge in [-0.3, -0.25) is 4.79 Å². The van der Waals surface area contributed by atoms with Crippen LogP contribution < -0.4 is 15.2 Å². The van der Waals surface area contributed by atoms with E-state index >= 15 is 0 Å². The van der Waals surface area contributed by atoms with Gasteiger partial charge in [-0.05, 0) is 51.8 Å². The molecule has 25 heavy (non-hydrogen) atoms. The van der Waals surface area contributed by atoms with Crippen molar-refractivity contribution in [3.63, 3.8) is 0 Å². The zero-order valence-electron chi connectivity index (χ0n) is 16.1. The molecule has 0 bridgehead atoms. The Labute approximate surface area is 150 Å². The van der Waals surface area contributed by atoms with Gasteiger partial charge in [0.05, 0.1) is 18.7 Å². The molecule has 0 radical (unpaired) electrons. The maximum absolute atomic E-state index is 13.2. The number of hydrogen-bond acceptors (Lipinski definition) is 2. The second-order valence-electron chi connectivity index (χ2n) is 7.59. The second kappa shape index (κ2) is 7.61. The Bertz CT molecular complexity index is 792. The van der Waals surface area contributed by atoms with Gasteiger partial charge in [0.25, 0.3) is 0 Å². The molecule has 1 unspecified atom stereocenters. The van der Waals surface area contributed by atoms with E-state index in [2.05, 4.69) is 48.9 Å². The number of rotatable bonds is 5. The smallest absolute Gasteiger partial charge is 0.198 e. The molecule has 1 aromatic carbocycles. The van der Waals surface area contributed by atoms with Gasteiger partial charge in [0.2, 0.25) is 0 Å². The quantitative estimate of drug-likeness (QED) is 0.876. The minimum Gasteiger partial charge on any atom is -0.372 e. The second-order valence-corrected chi connectivity index (χ2v) is 7.59. The van der Waals surface area contributed by atoms with Crippen molar-refractivity contribution in [3.8, 4) is 0 Å². The molecule has 1 aliphatic rings. The summed E-state index contributed by atoms with van der Waals surface area (Å²) in [6.07, 6.45) is 2.59. The molecule has 1 aliphatic heterocycles. The lowest BCUT2D eigenvalue weighted by atomic mass is 9.99. The SMILES string of the molecule is CCN(CC)c1ccc2[nH]c(C)c(C[NH+]3CCC[C@@H](C)C3)c(=O)c2c1. The van der Waals surface area contributed by atoms with E-state index in [0.717, 1.165) is 53.4 Å². The van der Waals surface area contributed by atoms with Gasteiger partial charge in [-0.15, -0.1) is 0 Å². The molecule has 1 saturated heterocycles. The van der Waals surface area contributed by atoms with Crippen molar-refractivity contribution in [3.05, 3.63) is 39.7 Å². The van der Waals surface area contributed by atoms with Crippen LogP contribution in [0.15, 0.2) is 23.0 Å². The maximum Gasteiger partial charge on any atom is 0.198 e. The monoisotopic (exact) mass is 342 g/mol. The Morgan fingerprint density at radius 1 is 1.28 bits per heavy atom. The predicted octanol–water partition coefficient (Wildman–Crippen LogP) is 2.50. The summed E-state index contributed by atoms with van der Waals surface area (Å²) in [6, 6.07) is 6.23. The van der Waals surface area contributed by atoms with Gasteiger partial charge in [-0.2, -0.15) is 0 Å². The van der Waals surface area contributed by atoms with Gasteiger partial charge in [-0.1, -0.05) is 6.92 Å². The zero-order chi connectivity index (χ0) is 18.0. The summed E-state index contributed by atoms with van der Waals surface area (Å²) in [5, 5.41) is 0.828. The molecule has 2 aromatic rings. The van der Waals surface area contributed by atoms with Crippen molar-refractivity contribution in [2.75, 3.05) is 31.1 Å². The number of quaternary nitrogens is 1. The summed E-state index contributed by atoms with van der Waals surface area (Å²) in [6.45, 7) is 13.8. The molecular formula is C21H32N3O+. The molecule has 0 aliphatic carbocycles. The van der Waals surface area contributed by atoms with E-state index in [-0.39, 0.29) is 5.43 Å². The van der Waals surface area contributed by atoms with E-state index in [1.807, 2.05) is 6.92 Å². The fourth-order valence-electron chi connectivity index (χ4n) is 4.25. The summed E-state index contributed by atoms with van der Waals surface area (Å²) >= 11 is 0. The van der Waals surface area contributed by atoms with Gasteiger partial charge < -0.3 is 14.8 Å². The summed E-state index contributed by atoms with van der Waals surface area (Å²) in [5.74, 6) is 0.762. The number of nitrogens with zero attached hydrogens (tertiary/aromatic N) is 1. The molecule has 2 N–H and O–H groups in total. The standard InChI is InChI=1S/C21H31N3O/c1-5-24(6-2)17-9-10-20-18(12-17)21(25)19(16(4)22-20)14-23-11-7-8-15(3)13-23/h9-10,12,15H,5-8,11,13-14H2,1-4H3,(H,22,25)/p+1/t15-/m1/s1. The van der Waals surface area contributed by atoms with E-state index < -0.39 is 0 Å². The molecule has 1 aromatic heterocycles. The number of benzene rings is 1. The number of aryl methyl sites for hydroxylation is 1. The van der Waals surface area contributed by atoms with Gasteiger partial charge in [-0.25, -0.2) is 0 Å². The highest BCUT2D eigenvalue weighted by Crippen LogP contribution is 2.20. The van der Waals surface area contributed by atoms with Gasteiger partial charge >= 0.3 is 0 Å². The molecule has 1 fully saturated rings. The van der Waals surface area contributed by atoms with E-state index in [4.69, 9.17) is 0 Å². The summed E-state index contributed by atoms with van der Waals surface area (Å²) in [4.78, 5) is 20.5. The predicted molar refractivity (Wildman–Crippen MR) is 106 cm³/mol. The largest absolute Gasteiger partial charge is 0.372 e.